The summed E-state index contributed by atoms with van der Waals surface area (Å²) in [6.45, 7) is 8.28. The monoisotopic (exact) mass is 661 g/mol. The van der Waals surface area contributed by atoms with E-state index in [0.717, 1.165) is 66.1 Å². The first-order valence-electron chi connectivity index (χ1n) is 14.6. The van der Waals surface area contributed by atoms with Crippen molar-refractivity contribution in [2.24, 2.45) is 0 Å². The van der Waals surface area contributed by atoms with Gasteiger partial charge in [-0.1, -0.05) is 72.8 Å². The molecular formula is C38H30CuN8-4. The number of nitrogens with zero attached hydrogens (tertiary/aromatic N) is 8. The van der Waals surface area contributed by atoms with Gasteiger partial charge in [0.05, 0.1) is 23.3 Å². The van der Waals surface area contributed by atoms with Crippen LogP contribution in [-0.4, -0.2) is 29.9 Å². The molecule has 4 aromatic carbocycles. The Balaban J connectivity index is 0.00000129. The van der Waals surface area contributed by atoms with Gasteiger partial charge in [0.25, 0.3) is 0 Å². The largest absolute Gasteiger partial charge is 0.358 e. The van der Waals surface area contributed by atoms with Gasteiger partial charge in [-0.3, -0.25) is 0 Å². The molecule has 8 bridgehead atoms. The van der Waals surface area contributed by atoms with Gasteiger partial charge < -0.3 is 44.8 Å². The third-order valence-electron chi connectivity index (χ3n) is 8.64. The minimum atomic E-state index is 0. The predicted octanol–water partition coefficient (Wildman–Crippen LogP) is 8.26. The van der Waals surface area contributed by atoms with Crippen LogP contribution in [0.15, 0.2) is 72.8 Å². The van der Waals surface area contributed by atoms with E-state index < -0.39 is 0 Å². The maximum absolute atomic E-state index is 5.10. The quantitative estimate of drug-likeness (QED) is 0.118. The third-order valence-corrected chi connectivity index (χ3v) is 8.64. The number of benzene rings is 4. The second kappa shape index (κ2) is 11.5. The molecule has 0 atom stereocenters. The van der Waals surface area contributed by atoms with Crippen LogP contribution in [0, 0.1) is 42.5 Å². The van der Waals surface area contributed by atoms with E-state index in [9.17, 15) is 0 Å². The average Bonchev–Trinajstić information content (AvgIpc) is 3.74. The molecule has 0 saturated heterocycles. The second-order valence-electron chi connectivity index (χ2n) is 11.5. The van der Waals surface area contributed by atoms with Gasteiger partial charge in [0, 0.05) is 61.9 Å². The molecule has 0 spiro atoms. The van der Waals surface area contributed by atoms with E-state index in [0.29, 0.717) is 45.9 Å². The zero-order valence-electron chi connectivity index (χ0n) is 26.8. The molecule has 0 amide bonds. The van der Waals surface area contributed by atoms with Gasteiger partial charge in [0.15, 0.2) is 0 Å². The van der Waals surface area contributed by atoms with E-state index in [1.165, 1.54) is 0 Å². The van der Waals surface area contributed by atoms with Crippen molar-refractivity contribution in [2.75, 3.05) is 0 Å². The van der Waals surface area contributed by atoms with Crippen LogP contribution in [0.4, 0.5) is 0 Å². The maximum Gasteiger partial charge on any atom is 0.0930 e. The fourth-order valence-electron chi connectivity index (χ4n) is 6.54. The van der Waals surface area contributed by atoms with Crippen molar-refractivity contribution >= 4 is 44.1 Å². The Hall–Kier alpha value is -5.24. The van der Waals surface area contributed by atoms with Crippen LogP contribution < -0.4 is 9.97 Å². The second-order valence-corrected chi connectivity index (χ2v) is 11.5. The molecule has 8 nitrogen and oxygen atoms in total. The third kappa shape index (κ3) is 4.65. The van der Waals surface area contributed by atoms with Gasteiger partial charge in [0.2, 0.25) is 0 Å². The Bertz CT molecular complexity index is 2560. The molecule has 0 unspecified atom stereocenters. The van der Waals surface area contributed by atoms with E-state index in [2.05, 4.69) is 52.0 Å². The smallest absolute Gasteiger partial charge is 0.0930 e. The zero-order valence-corrected chi connectivity index (χ0v) is 27.7. The zero-order chi connectivity index (χ0) is 29.7. The summed E-state index contributed by atoms with van der Waals surface area (Å²) in [4.78, 5) is 40.3. The summed E-state index contributed by atoms with van der Waals surface area (Å²) in [5.41, 5.74) is 10.2. The van der Waals surface area contributed by atoms with Crippen molar-refractivity contribution in [3.8, 4) is 45.6 Å². The van der Waals surface area contributed by atoms with Crippen LogP contribution in [-0.2, 0) is 17.1 Å². The molecule has 1 radical (unpaired) electrons. The summed E-state index contributed by atoms with van der Waals surface area (Å²) in [5.74, 6) is 2.28. The molecule has 7 aromatic rings. The Morgan fingerprint density at radius 1 is 0.404 bits per heavy atom. The van der Waals surface area contributed by atoms with E-state index in [4.69, 9.17) is 39.9 Å². The van der Waals surface area contributed by atoms with Crippen molar-refractivity contribution in [3.63, 3.8) is 0 Å². The van der Waals surface area contributed by atoms with Crippen molar-refractivity contribution in [1.82, 2.24) is 39.9 Å². The molecule has 0 aliphatic carbocycles. The van der Waals surface area contributed by atoms with Crippen molar-refractivity contribution < 1.29 is 17.1 Å². The van der Waals surface area contributed by atoms with Crippen LogP contribution in [0.2, 0.25) is 0 Å². The summed E-state index contributed by atoms with van der Waals surface area (Å²) in [6.07, 6.45) is 0. The number of hydrogen-bond donors (Lipinski definition) is 0. The molecule has 0 N–H and O–H groups in total. The van der Waals surface area contributed by atoms with Gasteiger partial charge in [-0.2, -0.15) is 0 Å². The van der Waals surface area contributed by atoms with E-state index in [1.54, 1.807) is 0 Å². The first-order valence-corrected chi connectivity index (χ1v) is 14.6. The Morgan fingerprint density at radius 2 is 0.766 bits per heavy atom. The molecule has 47 heavy (non-hydrogen) atoms. The van der Waals surface area contributed by atoms with Gasteiger partial charge in [0.1, 0.15) is 0 Å². The molecule has 9 heteroatoms. The molecule has 0 fully saturated rings. The van der Waals surface area contributed by atoms with Crippen LogP contribution in [0.3, 0.4) is 0 Å². The molecule has 5 heterocycles. The van der Waals surface area contributed by atoms with Gasteiger partial charge in [-0.25, -0.2) is 9.97 Å². The van der Waals surface area contributed by atoms with E-state index >= 15 is 0 Å². The molecule has 2 aliphatic rings. The summed E-state index contributed by atoms with van der Waals surface area (Å²) in [5, 5.41) is 3.71. The number of hydrogen-bond acceptors (Lipinski definition) is 6. The standard InChI is InChI=1S/C36H24N8.2CH3.Cu/c1-17-9-5-13-21-25(17)33-38-29(21)37-30-22-14-6-11-19(3)27(22)35(39-30)44-36-28-20(4)12-8-16-24(28)32(43-36)42-34-26-18(2)10-7-15-23(26)31(40-33)41-34;;;/h5-16H,1-4H3;2*1H3;/q-2;2*-1;. The summed E-state index contributed by atoms with van der Waals surface area (Å²) in [6, 6.07) is 24.5. The molecule has 0 saturated carbocycles. The molecule has 3 aromatic heterocycles. The summed E-state index contributed by atoms with van der Waals surface area (Å²) in [7, 11) is 0. The maximum atomic E-state index is 5.10. The number of aromatic nitrogens is 8. The normalized spacial score (nSPS) is 11.3. The average molecular weight is 662 g/mol. The van der Waals surface area contributed by atoms with Crippen molar-refractivity contribution in [1.29, 1.82) is 0 Å². The number of rotatable bonds is 0. The summed E-state index contributed by atoms with van der Waals surface area (Å²) >= 11 is 0. The van der Waals surface area contributed by atoms with E-state index in [1.807, 2.05) is 48.5 Å². The van der Waals surface area contributed by atoms with Gasteiger partial charge in [-0.15, -0.1) is 0 Å². The fourth-order valence-corrected chi connectivity index (χ4v) is 6.54. The fraction of sp³-hybridized carbons (Fsp3) is 0.105. The Labute approximate surface area is 283 Å². The SMILES string of the molecule is Cc1cccc2c1-c1nc-2nc2[n-]c(nc3nc(nc4[n-]c(n1)c1cccc(C)c41)-c1c(C)cccc1-3)c1cccc(C)c21.[CH3-].[CH3-].[Cu]. The first kappa shape index (κ1) is 31.7. The van der Waals surface area contributed by atoms with Gasteiger partial charge in [-0.05, 0) is 71.5 Å². The Morgan fingerprint density at radius 3 is 1.23 bits per heavy atom. The van der Waals surface area contributed by atoms with Crippen LogP contribution in [0.25, 0.3) is 89.7 Å². The summed E-state index contributed by atoms with van der Waals surface area (Å²) < 4.78 is 0. The molecular weight excluding hydrogens is 632 g/mol. The topological polar surface area (TPSA) is 106 Å². The van der Waals surface area contributed by atoms with Gasteiger partial charge >= 0.3 is 0 Å². The molecule has 9 rings (SSSR count). The van der Waals surface area contributed by atoms with Crippen molar-refractivity contribution in [2.45, 2.75) is 27.7 Å². The predicted molar refractivity (Wildman–Crippen MR) is 186 cm³/mol. The number of aryl methyl sites for hydroxylation is 4. The number of fused-ring (bicyclic) bond motifs is 20. The molecule has 237 valence electrons. The first-order chi connectivity index (χ1) is 21.4. The van der Waals surface area contributed by atoms with Crippen LogP contribution in [0.1, 0.15) is 22.3 Å². The Kier molecular flexibility index (Phi) is 7.78. The minimum Gasteiger partial charge on any atom is -0.358 e. The van der Waals surface area contributed by atoms with Crippen molar-refractivity contribution in [3.05, 3.63) is 110 Å². The van der Waals surface area contributed by atoms with Crippen LogP contribution >= 0.6 is 0 Å². The molecule has 2 aliphatic heterocycles. The minimum absolute atomic E-state index is 0. The van der Waals surface area contributed by atoms with Crippen LogP contribution in [0.5, 0.6) is 0 Å². The van der Waals surface area contributed by atoms with E-state index in [-0.39, 0.29) is 31.9 Å².